The Morgan fingerprint density at radius 1 is 1.00 bits per heavy atom. The van der Waals surface area contributed by atoms with Crippen molar-refractivity contribution in [2.75, 3.05) is 19.5 Å². The molecule has 3 N–H and O–H groups in total. The summed E-state index contributed by atoms with van der Waals surface area (Å²) in [4.78, 5) is 22.7. The van der Waals surface area contributed by atoms with Crippen molar-refractivity contribution in [1.29, 1.82) is 0 Å². The third-order valence-corrected chi connectivity index (χ3v) is 3.30. The number of hydrogen-bond donors (Lipinski definition) is 3. The molecule has 24 heavy (non-hydrogen) atoms. The second-order valence-corrected chi connectivity index (χ2v) is 4.88. The van der Waals surface area contributed by atoms with Gasteiger partial charge < -0.3 is 25.2 Å². The number of anilines is 1. The summed E-state index contributed by atoms with van der Waals surface area (Å²) < 4.78 is 10.3. The number of amides is 2. The Balaban J connectivity index is 1.92. The molecule has 0 aliphatic carbocycles. The Morgan fingerprint density at radius 3 is 2.25 bits per heavy atom. The third kappa shape index (κ3) is 4.39. The minimum atomic E-state index is -0.985. The van der Waals surface area contributed by atoms with Gasteiger partial charge in [0.15, 0.2) is 11.5 Å². The van der Waals surface area contributed by atoms with Crippen LogP contribution in [0.1, 0.15) is 15.9 Å². The van der Waals surface area contributed by atoms with Crippen LogP contribution < -0.4 is 20.1 Å². The maximum Gasteiger partial charge on any atom is 0.335 e. The van der Waals surface area contributed by atoms with Gasteiger partial charge in [0.1, 0.15) is 0 Å². The summed E-state index contributed by atoms with van der Waals surface area (Å²) in [5.74, 6) is 0.0993. The first-order chi connectivity index (χ1) is 11.5. The van der Waals surface area contributed by atoms with E-state index >= 15 is 0 Å². The van der Waals surface area contributed by atoms with Crippen LogP contribution in [0.25, 0.3) is 0 Å². The van der Waals surface area contributed by atoms with Gasteiger partial charge >= 0.3 is 12.0 Å². The zero-order chi connectivity index (χ0) is 17.5. The van der Waals surface area contributed by atoms with Crippen LogP contribution in [0.5, 0.6) is 11.5 Å². The lowest BCUT2D eigenvalue weighted by Gasteiger charge is -2.11. The van der Waals surface area contributed by atoms with Crippen molar-refractivity contribution in [2.45, 2.75) is 6.54 Å². The molecule has 126 valence electrons. The first-order valence-corrected chi connectivity index (χ1v) is 7.12. The number of ether oxygens (including phenoxy) is 2. The monoisotopic (exact) mass is 330 g/mol. The van der Waals surface area contributed by atoms with Gasteiger partial charge in [-0.25, -0.2) is 9.59 Å². The van der Waals surface area contributed by atoms with Gasteiger partial charge in [-0.05, 0) is 29.8 Å². The highest BCUT2D eigenvalue weighted by Crippen LogP contribution is 2.29. The van der Waals surface area contributed by atoms with Gasteiger partial charge in [0.05, 0.1) is 19.8 Å². The molecule has 0 aliphatic heterocycles. The molecule has 0 heterocycles. The molecule has 0 saturated carbocycles. The maximum atomic E-state index is 11.9. The SMILES string of the molecule is COc1ccc(NC(=O)NCc2ccc(C(=O)O)cc2)cc1OC. The molecule has 2 aromatic carbocycles. The molecule has 0 radical (unpaired) electrons. The summed E-state index contributed by atoms with van der Waals surface area (Å²) in [7, 11) is 3.05. The van der Waals surface area contributed by atoms with E-state index < -0.39 is 5.97 Å². The fourth-order valence-corrected chi connectivity index (χ4v) is 2.04. The molecule has 0 aromatic heterocycles. The Kier molecular flexibility index (Phi) is 5.62. The van der Waals surface area contributed by atoms with Crippen LogP contribution >= 0.6 is 0 Å². The lowest BCUT2D eigenvalue weighted by Crippen LogP contribution is -2.28. The molecule has 2 amide bonds. The van der Waals surface area contributed by atoms with E-state index in [1.54, 1.807) is 30.3 Å². The molecule has 0 fully saturated rings. The summed E-state index contributed by atoms with van der Waals surface area (Å²) in [6.07, 6.45) is 0. The molecule has 2 rings (SSSR count). The van der Waals surface area contributed by atoms with E-state index in [4.69, 9.17) is 14.6 Å². The predicted octanol–water partition coefficient (Wildman–Crippen LogP) is 2.72. The zero-order valence-corrected chi connectivity index (χ0v) is 13.3. The highest BCUT2D eigenvalue weighted by atomic mass is 16.5. The molecule has 0 aliphatic rings. The molecular weight excluding hydrogens is 312 g/mol. The molecule has 7 nitrogen and oxygen atoms in total. The lowest BCUT2D eigenvalue weighted by molar-refractivity contribution is 0.0697. The second kappa shape index (κ2) is 7.87. The Bertz CT molecular complexity index is 728. The number of nitrogens with one attached hydrogen (secondary N) is 2. The van der Waals surface area contributed by atoms with Crippen LogP contribution in [-0.2, 0) is 6.54 Å². The van der Waals surface area contributed by atoms with Crippen LogP contribution in [-0.4, -0.2) is 31.3 Å². The number of aromatic carboxylic acids is 1. The molecule has 0 bridgehead atoms. The van der Waals surface area contributed by atoms with E-state index in [1.807, 2.05) is 0 Å². The van der Waals surface area contributed by atoms with Crippen molar-refractivity contribution in [2.24, 2.45) is 0 Å². The minimum absolute atomic E-state index is 0.202. The van der Waals surface area contributed by atoms with Crippen LogP contribution in [0.2, 0.25) is 0 Å². The van der Waals surface area contributed by atoms with Crippen molar-refractivity contribution in [3.8, 4) is 11.5 Å². The second-order valence-electron chi connectivity index (χ2n) is 4.88. The van der Waals surface area contributed by atoms with Gasteiger partial charge in [-0.3, -0.25) is 0 Å². The molecule has 0 unspecified atom stereocenters. The third-order valence-electron chi connectivity index (χ3n) is 3.30. The first-order valence-electron chi connectivity index (χ1n) is 7.12. The zero-order valence-electron chi connectivity index (χ0n) is 13.3. The quantitative estimate of drug-likeness (QED) is 0.757. The van der Waals surface area contributed by atoms with Crippen molar-refractivity contribution in [1.82, 2.24) is 5.32 Å². The summed E-state index contributed by atoms with van der Waals surface area (Å²) in [6.45, 7) is 0.277. The van der Waals surface area contributed by atoms with Gasteiger partial charge in [0, 0.05) is 18.3 Å². The average Bonchev–Trinajstić information content (AvgIpc) is 2.60. The Labute approximate surface area is 139 Å². The Morgan fingerprint density at radius 2 is 1.67 bits per heavy atom. The molecule has 0 atom stereocenters. The number of carboxylic acid groups (broad SMARTS) is 1. The van der Waals surface area contributed by atoms with Gasteiger partial charge in [-0.15, -0.1) is 0 Å². The number of carbonyl (C=O) groups is 2. The normalized spacial score (nSPS) is 9.92. The number of methoxy groups -OCH3 is 2. The van der Waals surface area contributed by atoms with Crippen molar-refractivity contribution >= 4 is 17.7 Å². The minimum Gasteiger partial charge on any atom is -0.493 e. The number of carboxylic acids is 1. The molecule has 2 aromatic rings. The molecular formula is C17H18N2O5. The summed E-state index contributed by atoms with van der Waals surface area (Å²) in [5, 5.41) is 14.2. The topological polar surface area (TPSA) is 96.9 Å². The highest BCUT2D eigenvalue weighted by molar-refractivity contribution is 5.89. The summed E-state index contributed by atoms with van der Waals surface area (Å²) in [6, 6.07) is 10.9. The highest BCUT2D eigenvalue weighted by Gasteiger charge is 2.07. The summed E-state index contributed by atoms with van der Waals surface area (Å²) in [5.41, 5.74) is 1.56. The van der Waals surface area contributed by atoms with Gasteiger partial charge in [0.25, 0.3) is 0 Å². The maximum absolute atomic E-state index is 11.9. The van der Waals surface area contributed by atoms with E-state index in [1.165, 1.54) is 26.4 Å². The Hall–Kier alpha value is -3.22. The van der Waals surface area contributed by atoms with E-state index in [-0.39, 0.29) is 18.1 Å². The van der Waals surface area contributed by atoms with Gasteiger partial charge in [0.2, 0.25) is 0 Å². The van der Waals surface area contributed by atoms with Crippen LogP contribution in [0.15, 0.2) is 42.5 Å². The number of benzene rings is 2. The fourth-order valence-electron chi connectivity index (χ4n) is 2.04. The standard InChI is InChI=1S/C17H18N2O5/c1-23-14-8-7-13(9-15(14)24-2)19-17(22)18-10-11-3-5-12(6-4-11)16(20)21/h3-9H,10H2,1-2H3,(H,20,21)(H2,18,19,22). The molecule has 0 saturated heterocycles. The fraction of sp³-hybridized carbons (Fsp3) is 0.176. The summed E-state index contributed by atoms with van der Waals surface area (Å²) >= 11 is 0. The van der Waals surface area contributed by atoms with E-state index in [0.29, 0.717) is 17.2 Å². The number of carbonyl (C=O) groups excluding carboxylic acids is 1. The van der Waals surface area contributed by atoms with Crippen LogP contribution in [0.4, 0.5) is 10.5 Å². The number of hydrogen-bond acceptors (Lipinski definition) is 4. The van der Waals surface area contributed by atoms with E-state index in [2.05, 4.69) is 10.6 Å². The average molecular weight is 330 g/mol. The van der Waals surface area contributed by atoms with E-state index in [9.17, 15) is 9.59 Å². The van der Waals surface area contributed by atoms with Gasteiger partial charge in [-0.2, -0.15) is 0 Å². The predicted molar refractivity (Wildman–Crippen MR) is 88.8 cm³/mol. The molecule has 0 spiro atoms. The number of rotatable bonds is 6. The number of urea groups is 1. The largest absolute Gasteiger partial charge is 0.493 e. The van der Waals surface area contributed by atoms with Gasteiger partial charge in [-0.1, -0.05) is 12.1 Å². The van der Waals surface area contributed by atoms with Crippen molar-refractivity contribution < 1.29 is 24.2 Å². The van der Waals surface area contributed by atoms with Crippen LogP contribution in [0.3, 0.4) is 0 Å². The van der Waals surface area contributed by atoms with Crippen LogP contribution in [0, 0.1) is 0 Å². The van der Waals surface area contributed by atoms with Crippen molar-refractivity contribution in [3.63, 3.8) is 0 Å². The lowest BCUT2D eigenvalue weighted by atomic mass is 10.1. The van der Waals surface area contributed by atoms with Crippen molar-refractivity contribution in [3.05, 3.63) is 53.6 Å². The first kappa shape index (κ1) is 17.1. The van der Waals surface area contributed by atoms with E-state index in [0.717, 1.165) is 5.56 Å². The molecule has 7 heteroatoms. The smallest absolute Gasteiger partial charge is 0.335 e.